The van der Waals surface area contributed by atoms with E-state index in [1.165, 1.54) is 0 Å². The van der Waals surface area contributed by atoms with Crippen LogP contribution in [0, 0.1) is 6.92 Å². The summed E-state index contributed by atoms with van der Waals surface area (Å²) < 4.78 is 25.4. The molecule has 3 aromatic rings. The third-order valence-corrected chi connectivity index (χ3v) is 7.52. The molecule has 0 unspecified atom stereocenters. The number of aryl methyl sites for hydroxylation is 1. The first-order valence-electron chi connectivity index (χ1n) is 8.41. The topological polar surface area (TPSA) is 91.8 Å². The highest BCUT2D eigenvalue weighted by Crippen LogP contribution is 2.30. The first kappa shape index (κ1) is 17.2. The van der Waals surface area contributed by atoms with Crippen LogP contribution in [0.1, 0.15) is 18.5 Å². The zero-order valence-corrected chi connectivity index (χ0v) is 15.9. The van der Waals surface area contributed by atoms with E-state index in [-0.39, 0.29) is 5.16 Å². The van der Waals surface area contributed by atoms with Gasteiger partial charge in [-0.2, -0.15) is 0 Å². The van der Waals surface area contributed by atoms with E-state index in [1.54, 1.807) is 30.7 Å². The van der Waals surface area contributed by atoms with Crippen molar-refractivity contribution in [3.8, 4) is 11.4 Å². The standard InChI is InChI=1S/C17H19N5O2S2/c1-12-10-19-16(20-12)26(23,24)13-5-8-22(9-6-13)17-21-15(11-25-17)14-4-2-3-7-18-14/h2-4,7,10-11,13H,5-6,8-9H2,1H3,(H,19,20). The number of hydrogen-bond acceptors (Lipinski definition) is 7. The lowest BCUT2D eigenvalue weighted by Gasteiger charge is -2.30. The Balaban J connectivity index is 1.45. The van der Waals surface area contributed by atoms with E-state index >= 15 is 0 Å². The minimum absolute atomic E-state index is 0.0835. The summed E-state index contributed by atoms with van der Waals surface area (Å²) in [7, 11) is -3.40. The molecule has 4 heterocycles. The third kappa shape index (κ3) is 3.24. The minimum Gasteiger partial charge on any atom is -0.348 e. The Bertz CT molecular complexity index is 989. The zero-order valence-electron chi connectivity index (χ0n) is 14.3. The number of anilines is 1. The predicted molar refractivity (Wildman–Crippen MR) is 101 cm³/mol. The first-order valence-corrected chi connectivity index (χ1v) is 10.8. The smallest absolute Gasteiger partial charge is 0.225 e. The van der Waals surface area contributed by atoms with Crippen molar-refractivity contribution in [2.75, 3.05) is 18.0 Å². The number of nitrogens with one attached hydrogen (secondary N) is 1. The molecule has 4 rings (SSSR count). The Morgan fingerprint density at radius 2 is 2.00 bits per heavy atom. The molecular formula is C17H19N5O2S2. The maximum absolute atomic E-state index is 12.7. The number of aromatic nitrogens is 4. The van der Waals surface area contributed by atoms with Crippen molar-refractivity contribution in [3.63, 3.8) is 0 Å². The Hall–Kier alpha value is -2.26. The predicted octanol–water partition coefficient (Wildman–Crippen LogP) is 2.68. The molecule has 9 heteroatoms. The molecule has 1 aliphatic heterocycles. The Kier molecular flexibility index (Phi) is 4.49. The number of thiazole rings is 1. The largest absolute Gasteiger partial charge is 0.348 e. The van der Waals surface area contributed by atoms with Crippen molar-refractivity contribution in [2.24, 2.45) is 0 Å². The van der Waals surface area contributed by atoms with E-state index in [1.807, 2.05) is 23.6 Å². The molecule has 0 saturated carbocycles. The van der Waals surface area contributed by atoms with Gasteiger partial charge in [0.25, 0.3) is 0 Å². The van der Waals surface area contributed by atoms with Crippen LogP contribution in [0.5, 0.6) is 0 Å². The number of H-pyrrole nitrogens is 1. The third-order valence-electron chi connectivity index (χ3n) is 4.52. The number of piperidine rings is 1. The fourth-order valence-electron chi connectivity index (χ4n) is 3.09. The van der Waals surface area contributed by atoms with Gasteiger partial charge in [-0.1, -0.05) is 6.07 Å². The molecule has 3 aromatic heterocycles. The molecule has 1 saturated heterocycles. The summed E-state index contributed by atoms with van der Waals surface area (Å²) >= 11 is 1.57. The number of pyridine rings is 1. The van der Waals surface area contributed by atoms with E-state index in [4.69, 9.17) is 0 Å². The summed E-state index contributed by atoms with van der Waals surface area (Å²) in [6.45, 7) is 3.13. The van der Waals surface area contributed by atoms with Crippen molar-refractivity contribution < 1.29 is 8.42 Å². The quantitative estimate of drug-likeness (QED) is 0.738. The molecule has 0 aliphatic carbocycles. The second kappa shape index (κ2) is 6.81. The van der Waals surface area contributed by atoms with Gasteiger partial charge in [0, 0.05) is 36.6 Å². The molecule has 1 N–H and O–H groups in total. The van der Waals surface area contributed by atoms with Gasteiger partial charge in [0.05, 0.1) is 10.9 Å². The zero-order chi connectivity index (χ0) is 18.1. The number of hydrogen-bond donors (Lipinski definition) is 1. The lowest BCUT2D eigenvalue weighted by molar-refractivity contribution is 0.524. The van der Waals surface area contributed by atoms with Gasteiger partial charge in [0.1, 0.15) is 5.69 Å². The van der Waals surface area contributed by atoms with E-state index in [2.05, 4.69) is 24.8 Å². The van der Waals surface area contributed by atoms with Crippen molar-refractivity contribution >= 4 is 26.3 Å². The van der Waals surface area contributed by atoms with Gasteiger partial charge in [-0.15, -0.1) is 11.3 Å². The molecule has 1 aliphatic rings. The van der Waals surface area contributed by atoms with Crippen LogP contribution in [0.15, 0.2) is 41.1 Å². The van der Waals surface area contributed by atoms with Crippen LogP contribution in [0.2, 0.25) is 0 Å². The monoisotopic (exact) mass is 389 g/mol. The van der Waals surface area contributed by atoms with Gasteiger partial charge in [0.2, 0.25) is 15.0 Å². The summed E-state index contributed by atoms with van der Waals surface area (Å²) in [6.07, 6.45) is 4.44. The fourth-order valence-corrected chi connectivity index (χ4v) is 5.61. The molecule has 0 spiro atoms. The van der Waals surface area contributed by atoms with E-state index in [9.17, 15) is 8.42 Å². The van der Waals surface area contributed by atoms with Gasteiger partial charge in [-0.05, 0) is 31.9 Å². The average molecular weight is 390 g/mol. The van der Waals surface area contributed by atoms with Gasteiger partial charge in [-0.25, -0.2) is 18.4 Å². The molecule has 0 amide bonds. The second-order valence-corrected chi connectivity index (χ2v) is 9.31. The number of aromatic amines is 1. The van der Waals surface area contributed by atoms with Gasteiger partial charge in [-0.3, -0.25) is 4.98 Å². The summed E-state index contributed by atoms with van der Waals surface area (Å²) in [5.41, 5.74) is 2.46. The van der Waals surface area contributed by atoms with Gasteiger partial charge < -0.3 is 9.88 Å². The lowest BCUT2D eigenvalue weighted by atomic mass is 10.1. The Morgan fingerprint density at radius 1 is 1.19 bits per heavy atom. The molecule has 0 bridgehead atoms. The maximum Gasteiger partial charge on any atom is 0.225 e. The molecule has 0 aromatic carbocycles. The fraction of sp³-hybridized carbons (Fsp3) is 0.353. The van der Waals surface area contributed by atoms with Crippen LogP contribution < -0.4 is 4.90 Å². The molecular weight excluding hydrogens is 370 g/mol. The highest BCUT2D eigenvalue weighted by Gasteiger charge is 2.33. The van der Waals surface area contributed by atoms with Crippen LogP contribution in [-0.4, -0.2) is 46.7 Å². The number of imidazole rings is 1. The van der Waals surface area contributed by atoms with E-state index < -0.39 is 15.1 Å². The average Bonchev–Trinajstić information content (AvgIpc) is 3.32. The number of nitrogens with zero attached hydrogens (tertiary/aromatic N) is 4. The highest BCUT2D eigenvalue weighted by atomic mass is 32.2. The van der Waals surface area contributed by atoms with Crippen LogP contribution in [-0.2, 0) is 9.84 Å². The summed E-state index contributed by atoms with van der Waals surface area (Å²) in [5, 5.41) is 2.58. The molecule has 1 fully saturated rings. The second-order valence-electron chi connectivity index (χ2n) is 6.33. The minimum atomic E-state index is -3.40. The van der Waals surface area contributed by atoms with Crippen molar-refractivity contribution in [3.05, 3.63) is 41.7 Å². The Labute approximate surface area is 156 Å². The molecule has 0 atom stereocenters. The number of rotatable bonds is 4. The SMILES string of the molecule is Cc1cnc(S(=O)(=O)C2CCN(c3nc(-c4ccccn4)cs3)CC2)[nH]1. The highest BCUT2D eigenvalue weighted by molar-refractivity contribution is 7.91. The normalized spacial score (nSPS) is 16.1. The maximum atomic E-state index is 12.7. The van der Waals surface area contributed by atoms with Crippen molar-refractivity contribution in [2.45, 2.75) is 30.2 Å². The summed E-state index contributed by atoms with van der Waals surface area (Å²) in [5.74, 6) is 0. The van der Waals surface area contributed by atoms with E-state index in [0.29, 0.717) is 25.9 Å². The summed E-state index contributed by atoms with van der Waals surface area (Å²) in [6, 6.07) is 5.75. The molecule has 136 valence electrons. The van der Waals surface area contributed by atoms with Gasteiger partial charge >= 0.3 is 0 Å². The van der Waals surface area contributed by atoms with E-state index in [0.717, 1.165) is 22.2 Å². The summed E-state index contributed by atoms with van der Waals surface area (Å²) in [4.78, 5) is 18.0. The van der Waals surface area contributed by atoms with Crippen molar-refractivity contribution in [1.29, 1.82) is 0 Å². The lowest BCUT2D eigenvalue weighted by Crippen LogP contribution is -2.39. The van der Waals surface area contributed by atoms with Crippen LogP contribution in [0.25, 0.3) is 11.4 Å². The number of sulfone groups is 1. The molecule has 26 heavy (non-hydrogen) atoms. The van der Waals surface area contributed by atoms with Crippen molar-refractivity contribution in [1.82, 2.24) is 19.9 Å². The van der Waals surface area contributed by atoms with Gasteiger partial charge in [0.15, 0.2) is 5.13 Å². The van der Waals surface area contributed by atoms with Crippen LogP contribution >= 0.6 is 11.3 Å². The Morgan fingerprint density at radius 3 is 2.65 bits per heavy atom. The first-order chi connectivity index (χ1) is 12.5. The molecule has 0 radical (unpaired) electrons. The van der Waals surface area contributed by atoms with Crippen LogP contribution in [0.4, 0.5) is 5.13 Å². The molecule has 7 nitrogen and oxygen atoms in total. The van der Waals surface area contributed by atoms with Crippen LogP contribution in [0.3, 0.4) is 0 Å².